The number of pyridine rings is 1. The van der Waals surface area contributed by atoms with Crippen LogP contribution in [0.2, 0.25) is 0 Å². The summed E-state index contributed by atoms with van der Waals surface area (Å²) in [6, 6.07) is 13.3. The molecular weight excluding hydrogens is 387 g/mol. The number of oxazole rings is 1. The van der Waals surface area contributed by atoms with Gasteiger partial charge in [0.2, 0.25) is 5.89 Å². The molecule has 2 N–H and O–H groups in total. The van der Waals surface area contributed by atoms with Crippen molar-refractivity contribution < 1.29 is 18.5 Å². The summed E-state index contributed by atoms with van der Waals surface area (Å²) >= 11 is 0. The molecule has 3 rings (SSSR count). The van der Waals surface area contributed by atoms with Gasteiger partial charge in [0.15, 0.2) is 30.5 Å². The van der Waals surface area contributed by atoms with E-state index in [2.05, 4.69) is 19.2 Å². The number of hydrogen-bond acceptors (Lipinski definition) is 6. The van der Waals surface area contributed by atoms with Gasteiger partial charge >= 0.3 is 5.97 Å². The Morgan fingerprint density at radius 1 is 1.31 bits per heavy atom. The Balaban J connectivity index is 1.54. The number of nitrogens with two attached hydrogens (primary N) is 1. The summed E-state index contributed by atoms with van der Waals surface area (Å²) in [5.74, 6) is 0.991. The molecular formula is C21H24N4O3P+. The van der Waals surface area contributed by atoms with Gasteiger partial charge in [0.05, 0.1) is 12.0 Å². The van der Waals surface area contributed by atoms with E-state index in [-0.39, 0.29) is 24.8 Å². The number of benzene rings is 1. The summed E-state index contributed by atoms with van der Waals surface area (Å²) in [6.07, 6.45) is 5.59. The van der Waals surface area contributed by atoms with E-state index < -0.39 is 0 Å². The first kappa shape index (κ1) is 20.7. The number of aliphatic imine (C=N–C) groups is 1. The summed E-state index contributed by atoms with van der Waals surface area (Å²) in [5.41, 5.74) is 7.65. The average molecular weight is 411 g/mol. The molecule has 0 aliphatic rings. The Kier molecular flexibility index (Phi) is 7.09. The van der Waals surface area contributed by atoms with Crippen molar-refractivity contribution in [2.45, 2.75) is 32.3 Å². The van der Waals surface area contributed by atoms with E-state index in [1.807, 2.05) is 66.3 Å². The van der Waals surface area contributed by atoms with Crippen LogP contribution in [-0.4, -0.2) is 23.0 Å². The van der Waals surface area contributed by atoms with Gasteiger partial charge in [-0.25, -0.2) is 4.57 Å². The van der Waals surface area contributed by atoms with Crippen LogP contribution in [0.5, 0.6) is 0 Å². The molecule has 3 aromatic rings. The van der Waals surface area contributed by atoms with Crippen molar-refractivity contribution in [3.8, 4) is 11.5 Å². The minimum absolute atomic E-state index is 0.0676. The molecule has 0 saturated heterocycles. The summed E-state index contributed by atoms with van der Waals surface area (Å²) in [7, 11) is 2.57. The van der Waals surface area contributed by atoms with E-state index in [1.54, 1.807) is 6.21 Å². The van der Waals surface area contributed by atoms with Crippen molar-refractivity contribution in [3.05, 3.63) is 66.2 Å². The molecule has 0 bridgehead atoms. The van der Waals surface area contributed by atoms with Gasteiger partial charge in [0.1, 0.15) is 13.0 Å². The average Bonchev–Trinajstić information content (AvgIpc) is 3.11. The Morgan fingerprint density at radius 3 is 2.72 bits per heavy atom. The van der Waals surface area contributed by atoms with E-state index >= 15 is 0 Å². The van der Waals surface area contributed by atoms with Crippen molar-refractivity contribution in [2.24, 2.45) is 4.99 Å². The maximum absolute atomic E-state index is 11.9. The van der Waals surface area contributed by atoms with Crippen LogP contribution in [0.15, 0.2) is 64.3 Å². The lowest BCUT2D eigenvalue weighted by molar-refractivity contribution is -0.695. The molecule has 0 aliphatic carbocycles. The highest BCUT2D eigenvalue weighted by atomic mass is 31.0. The highest BCUT2D eigenvalue weighted by Gasteiger charge is 2.13. The number of esters is 1. The molecule has 0 spiro atoms. The predicted octanol–water partition coefficient (Wildman–Crippen LogP) is 2.98. The highest BCUT2D eigenvalue weighted by molar-refractivity contribution is 7.17. The lowest BCUT2D eigenvalue weighted by atomic mass is 10.2. The standard InChI is InChI=1S/C21H24N4O3P/c1-15(29)23-13-18-20(22)24-21(28-18)17-7-10-25(11-8-17)12-9-19(26)27-14-16-5-3-2-4-6-16/h2-8,10-11,13,15H,9,12,14,22,29H2,1H3/q+1. The van der Waals surface area contributed by atoms with E-state index in [1.165, 1.54) is 0 Å². The monoisotopic (exact) mass is 411 g/mol. The maximum atomic E-state index is 11.9. The molecule has 0 radical (unpaired) electrons. The fraction of sp³-hybridized carbons (Fsp3) is 0.238. The third-order valence-electron chi connectivity index (χ3n) is 4.06. The highest BCUT2D eigenvalue weighted by Crippen LogP contribution is 2.21. The molecule has 0 aliphatic heterocycles. The van der Waals surface area contributed by atoms with E-state index in [4.69, 9.17) is 14.9 Å². The third-order valence-corrected chi connectivity index (χ3v) is 4.24. The van der Waals surface area contributed by atoms with Crippen molar-refractivity contribution in [1.82, 2.24) is 4.98 Å². The quantitative estimate of drug-likeness (QED) is 0.266. The van der Waals surface area contributed by atoms with Gasteiger partial charge in [-0.1, -0.05) is 30.3 Å². The van der Waals surface area contributed by atoms with Gasteiger partial charge in [-0.3, -0.25) is 9.79 Å². The number of hydrogen-bond donors (Lipinski definition) is 1. The second-order valence-electron chi connectivity index (χ2n) is 6.51. The van der Waals surface area contributed by atoms with Crippen LogP contribution in [0, 0.1) is 0 Å². The van der Waals surface area contributed by atoms with Crippen LogP contribution >= 0.6 is 9.24 Å². The topological polar surface area (TPSA) is 94.6 Å². The van der Waals surface area contributed by atoms with E-state index in [0.717, 1.165) is 11.1 Å². The van der Waals surface area contributed by atoms with Gasteiger partial charge in [-0.15, -0.1) is 9.24 Å². The summed E-state index contributed by atoms with van der Waals surface area (Å²) in [6.45, 7) is 2.74. The Bertz CT molecular complexity index is 969. The number of anilines is 1. The molecule has 8 heteroatoms. The van der Waals surface area contributed by atoms with Gasteiger partial charge in [0.25, 0.3) is 0 Å². The maximum Gasteiger partial charge on any atom is 0.312 e. The summed E-state index contributed by atoms with van der Waals surface area (Å²) in [5, 5.41) is 0. The number of carbonyl (C=O) groups excluding carboxylic acids is 1. The predicted molar refractivity (Wildman–Crippen MR) is 114 cm³/mol. The number of rotatable bonds is 8. The number of aryl methyl sites for hydroxylation is 1. The summed E-state index contributed by atoms with van der Waals surface area (Å²) in [4.78, 5) is 20.4. The molecule has 2 unspecified atom stereocenters. The first-order valence-corrected chi connectivity index (χ1v) is 9.92. The van der Waals surface area contributed by atoms with E-state index in [9.17, 15) is 4.79 Å². The van der Waals surface area contributed by atoms with Gasteiger partial charge < -0.3 is 14.9 Å². The van der Waals surface area contributed by atoms with Gasteiger partial charge in [-0.05, 0) is 12.5 Å². The van der Waals surface area contributed by atoms with Crippen LogP contribution in [0.3, 0.4) is 0 Å². The minimum atomic E-state index is -0.238. The van der Waals surface area contributed by atoms with Crippen LogP contribution < -0.4 is 10.3 Å². The van der Waals surface area contributed by atoms with Crippen molar-refractivity contribution >= 4 is 27.2 Å². The minimum Gasteiger partial charge on any atom is -0.461 e. The van der Waals surface area contributed by atoms with Crippen molar-refractivity contribution in [1.29, 1.82) is 0 Å². The molecule has 2 atom stereocenters. The SMILES string of the molecule is CC(P)N=Cc1oc(-c2cc[n+](CCC(=O)OCc3ccccc3)cc2)nc1N. The van der Waals surface area contributed by atoms with Crippen LogP contribution in [0.4, 0.5) is 5.82 Å². The zero-order valence-corrected chi connectivity index (χ0v) is 17.3. The number of ether oxygens (including phenoxy) is 1. The van der Waals surface area contributed by atoms with Crippen LogP contribution in [-0.2, 0) is 22.7 Å². The first-order chi connectivity index (χ1) is 14.0. The lowest BCUT2D eigenvalue weighted by Gasteiger charge is -2.03. The Hall–Kier alpha value is -3.05. The molecule has 7 nitrogen and oxygen atoms in total. The third kappa shape index (κ3) is 6.22. The Morgan fingerprint density at radius 2 is 2.03 bits per heavy atom. The molecule has 0 amide bonds. The summed E-state index contributed by atoms with van der Waals surface area (Å²) < 4.78 is 12.9. The number of carbonyl (C=O) groups is 1. The smallest absolute Gasteiger partial charge is 0.312 e. The van der Waals surface area contributed by atoms with Gasteiger partial charge in [-0.2, -0.15) is 4.98 Å². The zero-order chi connectivity index (χ0) is 20.6. The fourth-order valence-corrected chi connectivity index (χ4v) is 2.61. The zero-order valence-electron chi connectivity index (χ0n) is 16.2. The van der Waals surface area contributed by atoms with Crippen molar-refractivity contribution in [2.75, 3.05) is 5.73 Å². The number of nitrogen functional groups attached to an aromatic ring is 1. The molecule has 2 heterocycles. The molecule has 150 valence electrons. The van der Waals surface area contributed by atoms with Gasteiger partial charge in [0, 0.05) is 17.7 Å². The molecule has 2 aromatic heterocycles. The Labute approximate surface area is 171 Å². The largest absolute Gasteiger partial charge is 0.461 e. The fourth-order valence-electron chi connectivity index (χ4n) is 2.52. The number of nitrogens with zero attached hydrogens (tertiary/aromatic N) is 3. The second kappa shape index (κ2) is 9.94. The molecule has 29 heavy (non-hydrogen) atoms. The lowest BCUT2D eigenvalue weighted by Crippen LogP contribution is -2.34. The number of aromatic nitrogens is 2. The van der Waals surface area contributed by atoms with Crippen LogP contribution in [0.1, 0.15) is 24.7 Å². The normalized spacial score (nSPS) is 12.2. The molecule has 1 aromatic carbocycles. The first-order valence-electron chi connectivity index (χ1n) is 9.25. The van der Waals surface area contributed by atoms with E-state index in [0.29, 0.717) is 24.0 Å². The molecule has 0 saturated carbocycles. The van der Waals surface area contributed by atoms with Crippen LogP contribution in [0.25, 0.3) is 11.5 Å². The van der Waals surface area contributed by atoms with Crippen molar-refractivity contribution in [3.63, 3.8) is 0 Å². The molecule has 0 fully saturated rings. The second-order valence-corrected chi connectivity index (χ2v) is 7.47.